The average molecular weight is 381 g/mol. The van der Waals surface area contributed by atoms with Crippen LogP contribution in [0.5, 0.6) is 5.75 Å². The van der Waals surface area contributed by atoms with Gasteiger partial charge in [-0.2, -0.15) is 0 Å². The maximum Gasteiger partial charge on any atom is 0.355 e. The predicted molar refractivity (Wildman–Crippen MR) is 103 cm³/mol. The van der Waals surface area contributed by atoms with Crippen molar-refractivity contribution in [3.63, 3.8) is 0 Å². The van der Waals surface area contributed by atoms with Gasteiger partial charge < -0.3 is 25.5 Å². The molecule has 8 nitrogen and oxygen atoms in total. The van der Waals surface area contributed by atoms with Gasteiger partial charge in [-0.15, -0.1) is 0 Å². The number of nitrogens with two attached hydrogens (primary N) is 1. The lowest BCUT2D eigenvalue weighted by Crippen LogP contribution is -2.30. The van der Waals surface area contributed by atoms with E-state index in [1.807, 2.05) is 6.07 Å². The summed E-state index contributed by atoms with van der Waals surface area (Å²) in [5.41, 5.74) is 6.91. The molecule has 28 heavy (non-hydrogen) atoms. The largest absolute Gasteiger partial charge is 0.497 e. The molecule has 0 aliphatic rings. The van der Waals surface area contributed by atoms with Crippen molar-refractivity contribution in [2.45, 2.75) is 13.0 Å². The van der Waals surface area contributed by atoms with Gasteiger partial charge in [-0.1, -0.05) is 0 Å². The van der Waals surface area contributed by atoms with Crippen LogP contribution in [0.15, 0.2) is 48.5 Å². The third kappa shape index (κ3) is 4.12. The molecular weight excluding hydrogens is 362 g/mol. The van der Waals surface area contributed by atoms with Gasteiger partial charge in [0, 0.05) is 28.2 Å². The fraction of sp³-hybridized carbons (Fsp3) is 0.150. The highest BCUT2D eigenvalue weighted by Gasteiger charge is 2.20. The van der Waals surface area contributed by atoms with Gasteiger partial charge in [0.05, 0.1) is 7.11 Å². The topological polar surface area (TPSA) is 124 Å². The summed E-state index contributed by atoms with van der Waals surface area (Å²) in [6.45, 7) is 1.47. The highest BCUT2D eigenvalue weighted by atomic mass is 16.5. The Morgan fingerprint density at radius 1 is 1.07 bits per heavy atom. The van der Waals surface area contributed by atoms with Crippen molar-refractivity contribution in [2.75, 3.05) is 12.4 Å². The number of carbonyl (C=O) groups is 3. The van der Waals surface area contributed by atoms with E-state index in [9.17, 15) is 14.4 Å². The van der Waals surface area contributed by atoms with Crippen LogP contribution in [0.25, 0.3) is 10.9 Å². The molecule has 2 aromatic carbocycles. The summed E-state index contributed by atoms with van der Waals surface area (Å²) >= 11 is 0. The number of primary amides is 1. The number of aromatic nitrogens is 1. The highest BCUT2D eigenvalue weighted by molar-refractivity contribution is 5.99. The first kappa shape index (κ1) is 19.0. The number of amides is 2. The molecular formula is C20H19N3O5. The summed E-state index contributed by atoms with van der Waals surface area (Å²) in [5.74, 6) is -1.06. The number of methoxy groups -OCH3 is 1. The van der Waals surface area contributed by atoms with Gasteiger partial charge in [-0.25, -0.2) is 4.79 Å². The number of fused-ring (bicyclic) bond motifs is 1. The molecule has 1 atom stereocenters. The second-order valence-corrected chi connectivity index (χ2v) is 6.11. The Bertz CT molecular complexity index is 1040. The number of rotatable bonds is 6. The number of carbonyl (C=O) groups excluding carboxylic acids is 3. The number of hydrogen-bond donors (Lipinski definition) is 3. The molecule has 0 saturated heterocycles. The van der Waals surface area contributed by atoms with Crippen molar-refractivity contribution in [3.05, 3.63) is 59.8 Å². The first-order valence-electron chi connectivity index (χ1n) is 8.46. The lowest BCUT2D eigenvalue weighted by Gasteiger charge is -2.13. The van der Waals surface area contributed by atoms with Gasteiger partial charge >= 0.3 is 5.97 Å². The van der Waals surface area contributed by atoms with E-state index in [1.165, 1.54) is 31.2 Å². The number of ether oxygens (including phenoxy) is 2. The third-order valence-electron chi connectivity index (χ3n) is 4.14. The van der Waals surface area contributed by atoms with Gasteiger partial charge in [0.25, 0.3) is 5.91 Å². The molecule has 8 heteroatoms. The Morgan fingerprint density at radius 2 is 1.79 bits per heavy atom. The minimum absolute atomic E-state index is 0.230. The van der Waals surface area contributed by atoms with Crippen LogP contribution in [0.3, 0.4) is 0 Å². The van der Waals surface area contributed by atoms with Crippen LogP contribution < -0.4 is 15.8 Å². The van der Waals surface area contributed by atoms with E-state index in [2.05, 4.69) is 10.3 Å². The Hall–Kier alpha value is -3.81. The summed E-state index contributed by atoms with van der Waals surface area (Å²) in [6, 6.07) is 13.1. The summed E-state index contributed by atoms with van der Waals surface area (Å²) in [6.07, 6.45) is -1.02. The lowest BCUT2D eigenvalue weighted by atomic mass is 10.2. The molecule has 0 spiro atoms. The zero-order valence-corrected chi connectivity index (χ0v) is 15.3. The quantitative estimate of drug-likeness (QED) is 0.566. The lowest BCUT2D eigenvalue weighted by molar-refractivity contribution is -0.123. The van der Waals surface area contributed by atoms with E-state index in [1.54, 1.807) is 25.3 Å². The first-order valence-corrected chi connectivity index (χ1v) is 8.46. The molecule has 0 bridgehead atoms. The molecule has 1 aromatic heterocycles. The number of esters is 1. The normalized spacial score (nSPS) is 11.6. The van der Waals surface area contributed by atoms with Gasteiger partial charge in [-0.3, -0.25) is 9.59 Å². The van der Waals surface area contributed by atoms with Gasteiger partial charge in [0.1, 0.15) is 11.4 Å². The second kappa shape index (κ2) is 7.83. The predicted octanol–water partition coefficient (Wildman–Crippen LogP) is 2.46. The van der Waals surface area contributed by atoms with E-state index in [0.29, 0.717) is 17.0 Å². The van der Waals surface area contributed by atoms with Crippen molar-refractivity contribution in [3.8, 4) is 5.75 Å². The fourth-order valence-electron chi connectivity index (χ4n) is 2.58. The minimum Gasteiger partial charge on any atom is -0.497 e. The second-order valence-electron chi connectivity index (χ2n) is 6.11. The first-order chi connectivity index (χ1) is 13.4. The van der Waals surface area contributed by atoms with Crippen LogP contribution in [0.4, 0.5) is 5.69 Å². The minimum atomic E-state index is -1.02. The summed E-state index contributed by atoms with van der Waals surface area (Å²) in [7, 11) is 1.56. The maximum atomic E-state index is 12.3. The molecule has 0 saturated carbocycles. The molecule has 0 aliphatic carbocycles. The fourth-order valence-corrected chi connectivity index (χ4v) is 2.58. The highest BCUT2D eigenvalue weighted by Crippen LogP contribution is 2.22. The van der Waals surface area contributed by atoms with Gasteiger partial charge in [0.15, 0.2) is 6.10 Å². The van der Waals surface area contributed by atoms with Gasteiger partial charge in [-0.05, 0) is 49.4 Å². The standard InChI is InChI=1S/C20H19N3O5/c1-11(19(25)22-14-6-3-12(4-7-14)18(21)24)28-20(26)17-9-13-5-8-15(27-2)10-16(13)23-17/h3-11,23H,1-2H3,(H2,21,24)(H,22,25). The monoisotopic (exact) mass is 381 g/mol. The van der Waals surface area contributed by atoms with Crippen LogP contribution in [-0.4, -0.2) is 36.0 Å². The zero-order chi connectivity index (χ0) is 20.3. The summed E-state index contributed by atoms with van der Waals surface area (Å²) in [4.78, 5) is 38.6. The molecule has 3 rings (SSSR count). The van der Waals surface area contributed by atoms with Crippen LogP contribution in [-0.2, 0) is 9.53 Å². The molecule has 0 fully saturated rings. The van der Waals surface area contributed by atoms with Crippen LogP contribution in [0, 0.1) is 0 Å². The number of hydrogen-bond acceptors (Lipinski definition) is 5. The van der Waals surface area contributed by atoms with Gasteiger partial charge in [0.2, 0.25) is 5.91 Å². The molecule has 2 amide bonds. The smallest absolute Gasteiger partial charge is 0.355 e. The molecule has 4 N–H and O–H groups in total. The van der Waals surface area contributed by atoms with Crippen LogP contribution in [0.2, 0.25) is 0 Å². The maximum absolute atomic E-state index is 12.3. The van der Waals surface area contributed by atoms with E-state index in [4.69, 9.17) is 15.2 Å². The zero-order valence-electron chi connectivity index (χ0n) is 15.3. The molecule has 0 radical (unpaired) electrons. The van der Waals surface area contributed by atoms with Crippen molar-refractivity contribution in [1.82, 2.24) is 4.98 Å². The van der Waals surface area contributed by atoms with E-state index in [-0.39, 0.29) is 5.69 Å². The van der Waals surface area contributed by atoms with Crippen molar-refractivity contribution >= 4 is 34.4 Å². The Morgan fingerprint density at radius 3 is 2.43 bits per heavy atom. The molecule has 0 aliphatic heterocycles. The molecule has 1 heterocycles. The van der Waals surface area contributed by atoms with Crippen molar-refractivity contribution in [1.29, 1.82) is 0 Å². The Labute approximate surface area is 160 Å². The van der Waals surface area contributed by atoms with Crippen LogP contribution >= 0.6 is 0 Å². The summed E-state index contributed by atoms with van der Waals surface area (Å²) < 4.78 is 10.4. The number of H-pyrrole nitrogens is 1. The van der Waals surface area contributed by atoms with Crippen LogP contribution in [0.1, 0.15) is 27.8 Å². The van der Waals surface area contributed by atoms with E-state index >= 15 is 0 Å². The number of nitrogens with one attached hydrogen (secondary N) is 2. The average Bonchev–Trinajstić information content (AvgIpc) is 3.11. The molecule has 1 unspecified atom stereocenters. The summed E-state index contributed by atoms with van der Waals surface area (Å²) in [5, 5.41) is 3.43. The van der Waals surface area contributed by atoms with Crippen molar-refractivity contribution in [2.24, 2.45) is 5.73 Å². The van der Waals surface area contributed by atoms with E-state index in [0.717, 1.165) is 10.9 Å². The number of aromatic amines is 1. The number of benzene rings is 2. The molecule has 3 aromatic rings. The van der Waals surface area contributed by atoms with Crippen molar-refractivity contribution < 1.29 is 23.9 Å². The third-order valence-corrected chi connectivity index (χ3v) is 4.14. The SMILES string of the molecule is COc1ccc2cc(C(=O)OC(C)C(=O)Nc3ccc(C(N)=O)cc3)[nH]c2c1. The molecule has 144 valence electrons. The Balaban J connectivity index is 1.64. The van der Waals surface area contributed by atoms with E-state index < -0.39 is 23.9 Å². The Kier molecular flexibility index (Phi) is 5.30. The number of anilines is 1.